The predicted octanol–water partition coefficient (Wildman–Crippen LogP) is 6.61. The van der Waals surface area contributed by atoms with Crippen molar-refractivity contribution in [1.82, 2.24) is 10.2 Å². The number of anilines is 1. The van der Waals surface area contributed by atoms with Crippen molar-refractivity contribution in [2.24, 2.45) is 5.92 Å². The van der Waals surface area contributed by atoms with E-state index in [1.165, 1.54) is 9.21 Å². The highest BCUT2D eigenvalue weighted by molar-refractivity contribution is 7.92. The maximum Gasteiger partial charge on any atom is 0.243 e. The van der Waals surface area contributed by atoms with Gasteiger partial charge in [-0.05, 0) is 54.3 Å². The van der Waals surface area contributed by atoms with Crippen LogP contribution in [0.5, 0.6) is 0 Å². The molecule has 226 valence electrons. The van der Waals surface area contributed by atoms with Gasteiger partial charge in [0.05, 0.1) is 11.9 Å². The Kier molecular flexibility index (Phi) is 12.5. The zero-order valence-electron chi connectivity index (χ0n) is 23.9. The number of halogens is 3. The first-order chi connectivity index (χ1) is 19.9. The molecule has 0 aromatic heterocycles. The molecule has 0 aliphatic carbocycles. The van der Waals surface area contributed by atoms with E-state index in [0.717, 1.165) is 11.8 Å². The van der Waals surface area contributed by atoms with Crippen LogP contribution in [0.1, 0.15) is 37.8 Å². The Morgan fingerprint density at radius 1 is 0.881 bits per heavy atom. The van der Waals surface area contributed by atoms with Crippen molar-refractivity contribution in [3.8, 4) is 0 Å². The number of carbonyl (C=O) groups excluding carboxylic acids is 2. The van der Waals surface area contributed by atoms with Gasteiger partial charge in [0.2, 0.25) is 21.8 Å². The third kappa shape index (κ3) is 9.90. The molecule has 0 unspecified atom stereocenters. The van der Waals surface area contributed by atoms with Crippen LogP contribution in [0, 0.1) is 5.92 Å². The van der Waals surface area contributed by atoms with Crippen LogP contribution in [-0.2, 0) is 32.6 Å². The fourth-order valence-corrected chi connectivity index (χ4v) is 6.05. The third-order valence-electron chi connectivity index (χ3n) is 6.61. The lowest BCUT2D eigenvalue weighted by atomic mass is 10.0. The molecule has 1 N–H and O–H groups in total. The van der Waals surface area contributed by atoms with Crippen LogP contribution in [0.3, 0.4) is 0 Å². The average molecular weight is 653 g/mol. The molecule has 3 aromatic rings. The minimum atomic E-state index is -3.63. The molecule has 0 heterocycles. The van der Waals surface area contributed by atoms with Gasteiger partial charge in [-0.1, -0.05) is 85.0 Å². The first-order valence-electron chi connectivity index (χ1n) is 13.6. The maximum absolute atomic E-state index is 13.9. The van der Waals surface area contributed by atoms with Gasteiger partial charge in [-0.15, -0.1) is 0 Å². The molecule has 3 rings (SSSR count). The van der Waals surface area contributed by atoms with Crippen molar-refractivity contribution in [3.63, 3.8) is 0 Å². The molecule has 0 fully saturated rings. The van der Waals surface area contributed by atoms with Gasteiger partial charge in [-0.3, -0.25) is 13.9 Å². The molecule has 0 radical (unpaired) electrons. The fraction of sp³-hybridized carbons (Fsp3) is 0.355. The number of rotatable bonds is 14. The van der Waals surface area contributed by atoms with E-state index in [-0.39, 0.29) is 50.1 Å². The molecule has 0 spiro atoms. The number of benzene rings is 3. The number of carbonyl (C=O) groups is 2. The molecule has 0 bridgehead atoms. The Labute approximate surface area is 263 Å². The quantitative estimate of drug-likeness (QED) is 0.213. The Morgan fingerprint density at radius 2 is 1.50 bits per heavy atom. The molecular formula is C31H36Cl3N3O4S. The summed E-state index contributed by atoms with van der Waals surface area (Å²) in [4.78, 5) is 29.0. The number of nitrogens with zero attached hydrogens (tertiary/aromatic N) is 2. The Hall–Kier alpha value is -2.78. The summed E-state index contributed by atoms with van der Waals surface area (Å²) in [6, 6.07) is 20.2. The van der Waals surface area contributed by atoms with Crippen LogP contribution in [0.15, 0.2) is 72.8 Å². The summed E-state index contributed by atoms with van der Waals surface area (Å²) in [5.74, 6) is -0.400. The monoisotopic (exact) mass is 651 g/mol. The third-order valence-corrected chi connectivity index (χ3v) is 8.77. The van der Waals surface area contributed by atoms with E-state index < -0.39 is 16.1 Å². The summed E-state index contributed by atoms with van der Waals surface area (Å²) in [5.41, 5.74) is 1.86. The first-order valence-corrected chi connectivity index (χ1v) is 16.6. The molecule has 1 atom stereocenters. The maximum atomic E-state index is 13.9. The second-order valence-corrected chi connectivity index (χ2v) is 13.6. The van der Waals surface area contributed by atoms with Gasteiger partial charge in [0.1, 0.15) is 6.04 Å². The first kappa shape index (κ1) is 33.7. The van der Waals surface area contributed by atoms with E-state index in [2.05, 4.69) is 5.32 Å². The van der Waals surface area contributed by atoms with Crippen LogP contribution >= 0.6 is 34.8 Å². The molecule has 0 aliphatic heterocycles. The summed E-state index contributed by atoms with van der Waals surface area (Å²) in [7, 11) is -3.63. The van der Waals surface area contributed by atoms with E-state index >= 15 is 0 Å². The molecule has 7 nitrogen and oxygen atoms in total. The zero-order chi connectivity index (χ0) is 30.9. The van der Waals surface area contributed by atoms with Crippen molar-refractivity contribution in [2.75, 3.05) is 23.7 Å². The van der Waals surface area contributed by atoms with Crippen LogP contribution in [0.25, 0.3) is 0 Å². The van der Waals surface area contributed by atoms with Crippen molar-refractivity contribution in [1.29, 1.82) is 0 Å². The fourth-order valence-electron chi connectivity index (χ4n) is 4.44. The Morgan fingerprint density at radius 3 is 2.07 bits per heavy atom. The Balaban J connectivity index is 1.92. The largest absolute Gasteiger partial charge is 0.354 e. The summed E-state index contributed by atoms with van der Waals surface area (Å²) in [6.07, 6.45) is 1.60. The number of amides is 2. The van der Waals surface area contributed by atoms with Crippen molar-refractivity contribution < 1.29 is 18.0 Å². The summed E-state index contributed by atoms with van der Waals surface area (Å²) >= 11 is 19.0. The van der Waals surface area contributed by atoms with E-state index in [0.29, 0.717) is 32.9 Å². The van der Waals surface area contributed by atoms with Gasteiger partial charge in [-0.2, -0.15) is 0 Å². The van der Waals surface area contributed by atoms with Crippen LogP contribution in [-0.4, -0.2) is 50.5 Å². The highest BCUT2D eigenvalue weighted by Gasteiger charge is 2.31. The van der Waals surface area contributed by atoms with Gasteiger partial charge in [-0.25, -0.2) is 8.42 Å². The summed E-state index contributed by atoms with van der Waals surface area (Å²) in [5, 5.41) is 4.22. The smallest absolute Gasteiger partial charge is 0.243 e. The van der Waals surface area contributed by atoms with Crippen molar-refractivity contribution >= 4 is 62.3 Å². The van der Waals surface area contributed by atoms with E-state index in [4.69, 9.17) is 34.8 Å². The normalized spacial score (nSPS) is 12.2. The highest BCUT2D eigenvalue weighted by Crippen LogP contribution is 2.28. The number of sulfonamides is 1. The van der Waals surface area contributed by atoms with Gasteiger partial charge >= 0.3 is 0 Å². The molecule has 0 saturated heterocycles. The van der Waals surface area contributed by atoms with E-state index in [1.54, 1.807) is 42.5 Å². The minimum absolute atomic E-state index is 0.00949. The standard InChI is InChI=1S/C31H36Cl3N3O4S/c1-22(2)20-35-31(39)29(19-23-9-5-4-6-10-23)36(21-26-27(33)11-7-12-28(26)34)30(38)13-8-18-37(42(3,40)41)25-16-14-24(32)15-17-25/h4-7,9-12,14-17,22,29H,8,13,18-21H2,1-3H3,(H,35,39)/t29-/m0/s1. The molecular weight excluding hydrogens is 617 g/mol. The summed E-state index contributed by atoms with van der Waals surface area (Å²) < 4.78 is 26.4. The molecule has 0 aliphatic rings. The molecule has 0 saturated carbocycles. The van der Waals surface area contributed by atoms with Gasteiger partial charge in [0.15, 0.2) is 0 Å². The second kappa shape index (κ2) is 15.6. The SMILES string of the molecule is CC(C)CNC(=O)[C@H](Cc1ccccc1)N(Cc1c(Cl)cccc1Cl)C(=O)CCCN(c1ccc(Cl)cc1)S(C)(=O)=O. The highest BCUT2D eigenvalue weighted by atomic mass is 35.5. The van der Waals surface area contributed by atoms with Gasteiger partial charge in [0.25, 0.3) is 0 Å². The molecule has 2 amide bonds. The Bertz CT molecular complexity index is 1430. The lowest BCUT2D eigenvalue weighted by Gasteiger charge is -2.32. The topological polar surface area (TPSA) is 86.8 Å². The molecule has 3 aromatic carbocycles. The van der Waals surface area contributed by atoms with E-state index in [1.807, 2.05) is 44.2 Å². The van der Waals surface area contributed by atoms with Gasteiger partial charge in [0, 0.05) is 53.1 Å². The van der Waals surface area contributed by atoms with Crippen LogP contribution in [0.2, 0.25) is 15.1 Å². The second-order valence-electron chi connectivity index (χ2n) is 10.5. The van der Waals surface area contributed by atoms with E-state index in [9.17, 15) is 18.0 Å². The number of hydrogen-bond donors (Lipinski definition) is 1. The molecule has 42 heavy (non-hydrogen) atoms. The van der Waals surface area contributed by atoms with Gasteiger partial charge < -0.3 is 10.2 Å². The summed E-state index contributed by atoms with van der Waals surface area (Å²) in [6.45, 7) is 4.51. The zero-order valence-corrected chi connectivity index (χ0v) is 27.0. The lowest BCUT2D eigenvalue weighted by molar-refractivity contribution is -0.141. The lowest BCUT2D eigenvalue weighted by Crippen LogP contribution is -2.51. The van der Waals surface area contributed by atoms with Crippen molar-refractivity contribution in [2.45, 2.75) is 45.7 Å². The molecule has 11 heteroatoms. The number of hydrogen-bond acceptors (Lipinski definition) is 4. The average Bonchev–Trinajstić information content (AvgIpc) is 2.93. The van der Waals surface area contributed by atoms with Crippen molar-refractivity contribution in [3.05, 3.63) is 99.0 Å². The number of nitrogens with one attached hydrogen (secondary N) is 1. The van der Waals surface area contributed by atoms with Crippen LogP contribution in [0.4, 0.5) is 5.69 Å². The minimum Gasteiger partial charge on any atom is -0.354 e. The van der Waals surface area contributed by atoms with Crippen LogP contribution < -0.4 is 9.62 Å². The predicted molar refractivity (Wildman–Crippen MR) is 172 cm³/mol.